The molecule has 23 heavy (non-hydrogen) atoms. The molecule has 0 spiro atoms. The summed E-state index contributed by atoms with van der Waals surface area (Å²) in [6.07, 6.45) is 1.43. The topological polar surface area (TPSA) is 83.0 Å². The summed E-state index contributed by atoms with van der Waals surface area (Å²) < 4.78 is 17.7. The number of nitrogens with zero attached hydrogens (tertiary/aromatic N) is 1. The van der Waals surface area contributed by atoms with Crippen molar-refractivity contribution in [1.82, 2.24) is 5.43 Å². The van der Waals surface area contributed by atoms with Gasteiger partial charge >= 0.3 is 0 Å². The number of amides is 1. The zero-order valence-electron chi connectivity index (χ0n) is 12.4. The van der Waals surface area contributed by atoms with E-state index in [1.807, 2.05) is 0 Å². The molecule has 0 radical (unpaired) electrons. The monoisotopic (exact) mass is 317 g/mol. The molecule has 7 heteroatoms. The molecule has 0 aliphatic carbocycles. The van der Waals surface area contributed by atoms with Crippen molar-refractivity contribution in [1.29, 1.82) is 0 Å². The minimum Gasteiger partial charge on any atom is -0.504 e. The Kier molecular flexibility index (Phi) is 5.51. The molecule has 0 unspecified atom stereocenters. The van der Waals surface area contributed by atoms with Crippen LogP contribution in [0.25, 0.3) is 0 Å². The molecule has 2 aromatic carbocycles. The van der Waals surface area contributed by atoms with Crippen molar-refractivity contribution in [3.05, 3.63) is 53.8 Å². The maximum absolute atomic E-state index is 12.7. The zero-order valence-corrected chi connectivity index (χ0v) is 12.4. The third kappa shape index (κ3) is 4.99. The van der Waals surface area contributed by atoms with Gasteiger partial charge in [-0.15, -0.1) is 0 Å². The molecule has 120 valence electrons. The first-order valence-corrected chi connectivity index (χ1v) is 6.77. The first-order chi connectivity index (χ1) is 11.1. The Hall–Kier alpha value is -3.09. The number of methoxy groups -OCH3 is 1. The molecule has 6 nitrogen and oxygen atoms in total. The predicted molar refractivity (Wildman–Crippen MR) is 85.3 cm³/mol. The molecule has 0 fully saturated rings. The summed E-state index contributed by atoms with van der Waals surface area (Å²) >= 11 is 0. The van der Waals surface area contributed by atoms with Crippen molar-refractivity contribution in [2.45, 2.75) is 0 Å². The number of nitrogens with one attached hydrogen (secondary N) is 2. The Balaban J connectivity index is 1.82. The summed E-state index contributed by atoms with van der Waals surface area (Å²) in [5.74, 6) is -0.347. The van der Waals surface area contributed by atoms with E-state index in [0.717, 1.165) is 0 Å². The highest BCUT2D eigenvalue weighted by atomic mass is 19.1. The normalized spacial score (nSPS) is 10.5. The van der Waals surface area contributed by atoms with E-state index < -0.39 is 0 Å². The molecular formula is C16H16FN3O3. The molecule has 0 aliphatic heterocycles. The summed E-state index contributed by atoms with van der Waals surface area (Å²) in [6.45, 7) is 0.00186. The van der Waals surface area contributed by atoms with Crippen molar-refractivity contribution in [3.8, 4) is 11.5 Å². The van der Waals surface area contributed by atoms with Crippen LogP contribution in [0.1, 0.15) is 5.56 Å². The largest absolute Gasteiger partial charge is 0.504 e. The second-order valence-corrected chi connectivity index (χ2v) is 4.58. The number of phenolic OH excluding ortho intramolecular Hbond substituents is 1. The van der Waals surface area contributed by atoms with Crippen LogP contribution in [0.2, 0.25) is 0 Å². The highest BCUT2D eigenvalue weighted by Crippen LogP contribution is 2.25. The van der Waals surface area contributed by atoms with Crippen LogP contribution in [0.15, 0.2) is 47.6 Å². The van der Waals surface area contributed by atoms with Gasteiger partial charge < -0.3 is 15.2 Å². The number of phenols is 1. The number of rotatable bonds is 6. The molecule has 0 heterocycles. The lowest BCUT2D eigenvalue weighted by Gasteiger charge is -2.05. The van der Waals surface area contributed by atoms with Crippen LogP contribution < -0.4 is 15.5 Å². The van der Waals surface area contributed by atoms with Gasteiger partial charge in [0.15, 0.2) is 11.5 Å². The zero-order chi connectivity index (χ0) is 16.7. The lowest BCUT2D eigenvalue weighted by molar-refractivity contribution is -0.119. The molecule has 2 aromatic rings. The number of hydrogen-bond acceptors (Lipinski definition) is 5. The highest BCUT2D eigenvalue weighted by molar-refractivity contribution is 5.84. The number of hydrogen-bond donors (Lipinski definition) is 3. The van der Waals surface area contributed by atoms with Gasteiger partial charge in [-0.25, -0.2) is 9.82 Å². The van der Waals surface area contributed by atoms with E-state index in [-0.39, 0.29) is 24.0 Å². The van der Waals surface area contributed by atoms with Crippen LogP contribution >= 0.6 is 0 Å². The fourth-order valence-corrected chi connectivity index (χ4v) is 1.74. The number of aromatic hydroxyl groups is 1. The van der Waals surface area contributed by atoms with Crippen LogP contribution in [0.3, 0.4) is 0 Å². The van der Waals surface area contributed by atoms with E-state index in [4.69, 9.17) is 4.74 Å². The molecule has 0 atom stereocenters. The lowest BCUT2D eigenvalue weighted by atomic mass is 10.2. The van der Waals surface area contributed by atoms with E-state index >= 15 is 0 Å². The number of benzene rings is 2. The van der Waals surface area contributed by atoms with Gasteiger partial charge in [-0.1, -0.05) is 0 Å². The van der Waals surface area contributed by atoms with Gasteiger partial charge in [0, 0.05) is 5.69 Å². The number of hydrazone groups is 1. The van der Waals surface area contributed by atoms with Crippen LogP contribution in [0, 0.1) is 5.82 Å². The Morgan fingerprint density at radius 2 is 2.04 bits per heavy atom. The first kappa shape index (κ1) is 16.3. The van der Waals surface area contributed by atoms with Crippen LogP contribution in [0.4, 0.5) is 10.1 Å². The highest BCUT2D eigenvalue weighted by Gasteiger charge is 2.02. The van der Waals surface area contributed by atoms with Crippen LogP contribution in [0.5, 0.6) is 11.5 Å². The Morgan fingerprint density at radius 3 is 2.74 bits per heavy atom. The molecule has 0 saturated carbocycles. The van der Waals surface area contributed by atoms with Crippen molar-refractivity contribution >= 4 is 17.8 Å². The molecule has 3 N–H and O–H groups in total. The summed E-state index contributed by atoms with van der Waals surface area (Å²) in [6, 6.07) is 10.4. The SMILES string of the molecule is COc1cc(/C=N\NC(=O)CNc2ccc(F)cc2)ccc1O. The summed E-state index contributed by atoms with van der Waals surface area (Å²) in [5.41, 5.74) is 3.65. The van der Waals surface area contributed by atoms with Crippen molar-refractivity contribution < 1.29 is 19.0 Å². The molecule has 0 aromatic heterocycles. The van der Waals surface area contributed by atoms with E-state index in [0.29, 0.717) is 17.0 Å². The minimum absolute atomic E-state index is 0.00186. The van der Waals surface area contributed by atoms with Gasteiger partial charge in [-0.2, -0.15) is 5.10 Å². The van der Waals surface area contributed by atoms with Crippen molar-refractivity contribution in [3.63, 3.8) is 0 Å². The average Bonchev–Trinajstić information content (AvgIpc) is 2.56. The van der Waals surface area contributed by atoms with Crippen LogP contribution in [-0.2, 0) is 4.79 Å². The smallest absolute Gasteiger partial charge is 0.259 e. The second kappa shape index (κ2) is 7.79. The van der Waals surface area contributed by atoms with E-state index in [1.54, 1.807) is 12.1 Å². The molecule has 2 rings (SSSR count). The van der Waals surface area contributed by atoms with Gasteiger partial charge in [-0.3, -0.25) is 4.79 Å². The maximum atomic E-state index is 12.7. The summed E-state index contributed by atoms with van der Waals surface area (Å²) in [4.78, 5) is 11.6. The standard InChI is InChI=1S/C16H16FN3O3/c1-23-15-8-11(2-7-14(15)21)9-19-20-16(22)10-18-13-5-3-12(17)4-6-13/h2-9,18,21H,10H2,1H3,(H,20,22)/b19-9-. The summed E-state index contributed by atoms with van der Waals surface area (Å²) in [5, 5.41) is 16.1. The fourth-order valence-electron chi connectivity index (χ4n) is 1.74. The van der Waals surface area contributed by atoms with Crippen molar-refractivity contribution in [2.75, 3.05) is 19.0 Å². The maximum Gasteiger partial charge on any atom is 0.259 e. The van der Waals surface area contributed by atoms with Crippen LogP contribution in [-0.4, -0.2) is 30.9 Å². The van der Waals surface area contributed by atoms with E-state index in [1.165, 1.54) is 43.7 Å². The molecule has 0 bridgehead atoms. The number of halogens is 1. The Morgan fingerprint density at radius 1 is 1.30 bits per heavy atom. The number of carbonyl (C=O) groups excluding carboxylic acids is 1. The Bertz CT molecular complexity index is 702. The minimum atomic E-state index is -0.351. The van der Waals surface area contributed by atoms with Gasteiger partial charge in [0.2, 0.25) is 0 Å². The third-order valence-electron chi connectivity index (χ3n) is 2.90. The van der Waals surface area contributed by atoms with E-state index in [2.05, 4.69) is 15.8 Å². The molecule has 0 aliphatic rings. The van der Waals surface area contributed by atoms with Gasteiger partial charge in [0.1, 0.15) is 5.82 Å². The third-order valence-corrected chi connectivity index (χ3v) is 2.90. The van der Waals surface area contributed by atoms with E-state index in [9.17, 15) is 14.3 Å². The van der Waals surface area contributed by atoms with Crippen molar-refractivity contribution in [2.24, 2.45) is 5.10 Å². The lowest BCUT2D eigenvalue weighted by Crippen LogP contribution is -2.25. The predicted octanol–water partition coefficient (Wildman–Crippen LogP) is 2.10. The number of anilines is 1. The fraction of sp³-hybridized carbons (Fsp3) is 0.125. The van der Waals surface area contributed by atoms with Gasteiger partial charge in [0.25, 0.3) is 5.91 Å². The second-order valence-electron chi connectivity index (χ2n) is 4.58. The van der Waals surface area contributed by atoms with Gasteiger partial charge in [-0.05, 0) is 48.0 Å². The number of ether oxygens (including phenoxy) is 1. The molecule has 1 amide bonds. The van der Waals surface area contributed by atoms with Gasteiger partial charge in [0.05, 0.1) is 19.9 Å². The molecule has 0 saturated heterocycles. The summed E-state index contributed by atoms with van der Waals surface area (Å²) in [7, 11) is 1.44. The quantitative estimate of drug-likeness (QED) is 0.563. The average molecular weight is 317 g/mol. The molecular weight excluding hydrogens is 301 g/mol. The number of carbonyl (C=O) groups is 1. The Labute approximate surface area is 132 Å². The first-order valence-electron chi connectivity index (χ1n) is 6.77.